The molecule has 2 aromatic rings. The first kappa shape index (κ1) is 16.4. The van der Waals surface area contributed by atoms with E-state index in [4.69, 9.17) is 0 Å². The zero-order valence-corrected chi connectivity index (χ0v) is 13.4. The van der Waals surface area contributed by atoms with Gasteiger partial charge < -0.3 is 10.4 Å². The first-order valence-electron chi connectivity index (χ1n) is 8.00. The van der Waals surface area contributed by atoms with E-state index in [1.807, 2.05) is 6.92 Å². The van der Waals surface area contributed by atoms with Crippen LogP contribution in [0.3, 0.4) is 0 Å². The fourth-order valence-electron chi connectivity index (χ4n) is 3.24. The van der Waals surface area contributed by atoms with E-state index in [1.165, 1.54) is 6.20 Å². The molecule has 0 aromatic carbocycles. The van der Waals surface area contributed by atoms with Crippen molar-refractivity contribution >= 4 is 17.2 Å². The first-order valence-corrected chi connectivity index (χ1v) is 8.00. The number of pyridine rings is 1. The van der Waals surface area contributed by atoms with Gasteiger partial charge in [-0.25, -0.2) is 4.98 Å². The van der Waals surface area contributed by atoms with E-state index < -0.39 is 27.7 Å². The van der Waals surface area contributed by atoms with Gasteiger partial charge in [0.15, 0.2) is 0 Å². The molecule has 128 valence electrons. The molecule has 0 radical (unpaired) electrons. The number of nitrogens with one attached hydrogen (secondary N) is 1. The van der Waals surface area contributed by atoms with Crippen molar-refractivity contribution in [1.29, 1.82) is 0 Å². The van der Waals surface area contributed by atoms with Crippen molar-refractivity contribution in [2.75, 3.05) is 11.9 Å². The van der Waals surface area contributed by atoms with E-state index in [0.29, 0.717) is 18.6 Å². The van der Waals surface area contributed by atoms with Crippen LogP contribution in [0.15, 0.2) is 29.2 Å². The lowest BCUT2D eigenvalue weighted by atomic mass is 9.73. The molecule has 1 saturated carbocycles. The predicted molar refractivity (Wildman–Crippen MR) is 89.2 cm³/mol. The van der Waals surface area contributed by atoms with Gasteiger partial charge in [-0.05, 0) is 25.0 Å². The Morgan fingerprint density at radius 2 is 2.29 bits per heavy atom. The van der Waals surface area contributed by atoms with Gasteiger partial charge in [-0.15, -0.1) is 0 Å². The predicted octanol–water partition coefficient (Wildman–Crippen LogP) is 1.96. The van der Waals surface area contributed by atoms with Crippen LogP contribution < -0.4 is 10.9 Å². The van der Waals surface area contributed by atoms with E-state index in [0.717, 1.165) is 23.7 Å². The lowest BCUT2D eigenvalue weighted by Crippen LogP contribution is -2.41. The van der Waals surface area contributed by atoms with E-state index in [9.17, 15) is 20.0 Å². The minimum absolute atomic E-state index is 0.0461. The summed E-state index contributed by atoms with van der Waals surface area (Å²) < 4.78 is 1.15. The molecule has 2 N–H and O–H groups in total. The van der Waals surface area contributed by atoms with Gasteiger partial charge in [0, 0.05) is 18.2 Å². The number of aliphatic hydroxyl groups excluding tert-OH is 1. The number of nitrogens with zero attached hydrogens (tertiary/aromatic N) is 3. The maximum absolute atomic E-state index is 12.4. The Morgan fingerprint density at radius 1 is 1.50 bits per heavy atom. The summed E-state index contributed by atoms with van der Waals surface area (Å²) in [7, 11) is 0. The van der Waals surface area contributed by atoms with Crippen LogP contribution in [0.2, 0.25) is 0 Å². The Balaban J connectivity index is 1.98. The molecule has 0 aliphatic heterocycles. The molecule has 2 unspecified atom stereocenters. The molecule has 3 rings (SSSR count). The number of nitro groups is 1. The molecule has 8 nitrogen and oxygen atoms in total. The third-order valence-corrected chi connectivity index (χ3v) is 4.83. The zero-order valence-electron chi connectivity index (χ0n) is 13.4. The van der Waals surface area contributed by atoms with Crippen molar-refractivity contribution in [3.05, 3.63) is 44.9 Å². The molecule has 1 aliphatic carbocycles. The molecule has 1 aliphatic rings. The van der Waals surface area contributed by atoms with Gasteiger partial charge in [-0.2, -0.15) is 0 Å². The molecule has 24 heavy (non-hydrogen) atoms. The molecule has 8 heteroatoms. The van der Waals surface area contributed by atoms with Crippen LogP contribution in [-0.4, -0.2) is 32.1 Å². The largest absolute Gasteiger partial charge is 0.392 e. The zero-order chi connectivity index (χ0) is 17.3. The molecule has 0 saturated heterocycles. The monoisotopic (exact) mass is 332 g/mol. The average Bonchev–Trinajstić information content (AvgIpc) is 2.56. The van der Waals surface area contributed by atoms with E-state index in [-0.39, 0.29) is 5.82 Å². The molecular weight excluding hydrogens is 312 g/mol. The number of rotatable bonds is 4. The molecule has 1 fully saturated rings. The van der Waals surface area contributed by atoms with E-state index in [1.54, 1.807) is 18.2 Å². The Labute approximate surface area is 138 Å². The second-order valence-corrected chi connectivity index (χ2v) is 6.57. The van der Waals surface area contributed by atoms with Gasteiger partial charge in [0.2, 0.25) is 5.82 Å². The van der Waals surface area contributed by atoms with Crippen molar-refractivity contribution < 1.29 is 10.0 Å². The number of aliphatic hydroxyl groups is 1. The third-order valence-electron chi connectivity index (χ3n) is 4.83. The second kappa shape index (κ2) is 6.20. The first-order chi connectivity index (χ1) is 11.4. The summed E-state index contributed by atoms with van der Waals surface area (Å²) in [5.74, 6) is -0.0461. The van der Waals surface area contributed by atoms with Crippen molar-refractivity contribution in [3.63, 3.8) is 0 Å². The smallest absolute Gasteiger partial charge is 0.376 e. The minimum atomic E-state index is -0.720. The summed E-state index contributed by atoms with van der Waals surface area (Å²) >= 11 is 0. The molecule has 2 heterocycles. The van der Waals surface area contributed by atoms with Crippen LogP contribution in [0.5, 0.6) is 0 Å². The summed E-state index contributed by atoms with van der Waals surface area (Å²) in [6, 6.07) is 4.95. The number of hydrogen-bond acceptors (Lipinski definition) is 6. The average molecular weight is 332 g/mol. The van der Waals surface area contributed by atoms with Crippen molar-refractivity contribution in [2.24, 2.45) is 5.41 Å². The van der Waals surface area contributed by atoms with Crippen LogP contribution in [0.4, 0.5) is 11.5 Å². The van der Waals surface area contributed by atoms with Gasteiger partial charge in [0.25, 0.3) is 0 Å². The Morgan fingerprint density at radius 3 is 3.00 bits per heavy atom. The normalized spacial score (nSPS) is 24.0. The van der Waals surface area contributed by atoms with Crippen LogP contribution in [-0.2, 0) is 0 Å². The lowest BCUT2D eigenvalue weighted by molar-refractivity contribution is -0.385. The minimum Gasteiger partial charge on any atom is -0.392 e. The number of fused-ring (bicyclic) bond motifs is 1. The van der Waals surface area contributed by atoms with Gasteiger partial charge >= 0.3 is 11.2 Å². The molecule has 2 atom stereocenters. The molecule has 2 aromatic heterocycles. The maximum Gasteiger partial charge on any atom is 0.376 e. The highest BCUT2D eigenvalue weighted by Gasteiger charge is 2.36. The number of hydrogen-bond donors (Lipinski definition) is 2. The van der Waals surface area contributed by atoms with Crippen LogP contribution in [0.25, 0.3) is 5.65 Å². The maximum atomic E-state index is 12.4. The van der Waals surface area contributed by atoms with Gasteiger partial charge in [-0.3, -0.25) is 19.3 Å². The molecule has 0 spiro atoms. The number of anilines is 1. The summed E-state index contributed by atoms with van der Waals surface area (Å²) in [6.45, 7) is 2.27. The standard InChI is InChI=1S/C16H20N4O4/c1-16(8-4-2-6-11(16)21)10-17-14-13(20(23)24)15(22)19-9-5-3-7-12(19)18-14/h3,5,7,9,11,17,21H,2,4,6,8,10H2,1H3. The summed E-state index contributed by atoms with van der Waals surface area (Å²) in [5.41, 5.74) is -1.35. The SMILES string of the molecule is CC1(CNc2nc3ccccn3c(=O)c2[N+](=O)[O-])CCCCC1O. The Bertz CT molecular complexity index is 834. The highest BCUT2D eigenvalue weighted by atomic mass is 16.6. The fourth-order valence-corrected chi connectivity index (χ4v) is 3.24. The Kier molecular flexibility index (Phi) is 4.23. The third kappa shape index (κ3) is 2.84. The molecule has 0 amide bonds. The second-order valence-electron chi connectivity index (χ2n) is 6.57. The van der Waals surface area contributed by atoms with E-state index >= 15 is 0 Å². The summed E-state index contributed by atoms with van der Waals surface area (Å²) in [5, 5.41) is 24.5. The van der Waals surface area contributed by atoms with Gasteiger partial charge in [0.1, 0.15) is 5.65 Å². The molecule has 0 bridgehead atoms. The van der Waals surface area contributed by atoms with Gasteiger partial charge in [0.05, 0.1) is 11.0 Å². The van der Waals surface area contributed by atoms with Crippen LogP contribution in [0, 0.1) is 15.5 Å². The quantitative estimate of drug-likeness (QED) is 0.654. The lowest BCUT2D eigenvalue weighted by Gasteiger charge is -2.38. The highest BCUT2D eigenvalue weighted by Crippen LogP contribution is 2.36. The molecular formula is C16H20N4O4. The Hall–Kier alpha value is -2.48. The van der Waals surface area contributed by atoms with Crippen molar-refractivity contribution in [1.82, 2.24) is 9.38 Å². The van der Waals surface area contributed by atoms with Crippen LogP contribution >= 0.6 is 0 Å². The summed E-state index contributed by atoms with van der Waals surface area (Å²) in [6.07, 6.45) is 4.50. The summed E-state index contributed by atoms with van der Waals surface area (Å²) in [4.78, 5) is 27.2. The van der Waals surface area contributed by atoms with Crippen molar-refractivity contribution in [2.45, 2.75) is 38.7 Å². The topological polar surface area (TPSA) is 110 Å². The van der Waals surface area contributed by atoms with Crippen molar-refractivity contribution in [3.8, 4) is 0 Å². The van der Waals surface area contributed by atoms with Gasteiger partial charge in [-0.1, -0.05) is 25.8 Å². The van der Waals surface area contributed by atoms with E-state index in [2.05, 4.69) is 10.3 Å². The fraction of sp³-hybridized carbons (Fsp3) is 0.500. The highest BCUT2D eigenvalue weighted by molar-refractivity contribution is 5.59. The van der Waals surface area contributed by atoms with Crippen LogP contribution in [0.1, 0.15) is 32.6 Å². The number of aromatic nitrogens is 2.